The van der Waals surface area contributed by atoms with Crippen molar-refractivity contribution in [2.24, 2.45) is 10.7 Å². The number of aromatic amines is 1. The van der Waals surface area contributed by atoms with Gasteiger partial charge in [-0.2, -0.15) is 5.21 Å². The van der Waals surface area contributed by atoms with Gasteiger partial charge in [-0.3, -0.25) is 4.99 Å². The monoisotopic (exact) mass is 312 g/mol. The lowest BCUT2D eigenvalue weighted by molar-refractivity contribution is 0.408. The summed E-state index contributed by atoms with van der Waals surface area (Å²) >= 11 is 0. The molecule has 0 saturated carbocycles. The third kappa shape index (κ3) is 2.94. The smallest absolute Gasteiger partial charge is 0.184 e. The van der Waals surface area contributed by atoms with Crippen molar-refractivity contribution in [2.45, 2.75) is 31.7 Å². The minimum Gasteiger partial charge on any atom is -0.496 e. The molecular weight excluding hydrogens is 292 g/mol. The maximum Gasteiger partial charge on any atom is 0.184 e. The zero-order chi connectivity index (χ0) is 16.4. The fraction of sp³-hybridized carbons (Fsp3) is 0.375. The highest BCUT2D eigenvalue weighted by Crippen LogP contribution is 2.32. The van der Waals surface area contributed by atoms with Crippen molar-refractivity contribution in [3.05, 3.63) is 47.3 Å². The summed E-state index contributed by atoms with van der Waals surface area (Å²) in [7, 11) is 1.67. The summed E-state index contributed by atoms with van der Waals surface area (Å²) in [6.45, 7) is 4.13. The Hall–Kier alpha value is -2.70. The molecule has 0 bridgehead atoms. The second kappa shape index (κ2) is 5.83. The van der Waals surface area contributed by atoms with E-state index in [1.165, 1.54) is 0 Å². The number of methoxy groups -OCH3 is 1. The van der Waals surface area contributed by atoms with Gasteiger partial charge in [0, 0.05) is 6.42 Å². The summed E-state index contributed by atoms with van der Waals surface area (Å²) in [5.74, 6) is 2.06. The number of nitrogens with two attached hydrogens (primary N) is 1. The second-order valence-corrected chi connectivity index (χ2v) is 6.07. The average molecular weight is 312 g/mol. The number of tetrazole rings is 1. The first-order valence-electron chi connectivity index (χ1n) is 7.43. The third-order valence-electron chi connectivity index (χ3n) is 4.14. The van der Waals surface area contributed by atoms with Crippen LogP contribution in [0, 0.1) is 0 Å². The van der Waals surface area contributed by atoms with E-state index in [0.29, 0.717) is 11.7 Å². The molecule has 0 aliphatic carbocycles. The van der Waals surface area contributed by atoms with Crippen LogP contribution in [-0.4, -0.2) is 39.6 Å². The molecule has 1 unspecified atom stereocenters. The summed E-state index contributed by atoms with van der Waals surface area (Å²) < 4.78 is 5.49. The molecule has 23 heavy (non-hydrogen) atoms. The van der Waals surface area contributed by atoms with Gasteiger partial charge in [-0.05, 0) is 37.1 Å². The van der Waals surface area contributed by atoms with Gasteiger partial charge < -0.3 is 10.5 Å². The topological polar surface area (TPSA) is 102 Å². The molecule has 0 fully saturated rings. The van der Waals surface area contributed by atoms with Gasteiger partial charge in [-0.15, -0.1) is 10.2 Å². The molecule has 1 aliphatic heterocycles. The van der Waals surface area contributed by atoms with E-state index >= 15 is 0 Å². The summed E-state index contributed by atoms with van der Waals surface area (Å²) in [4.78, 5) is 4.39. The highest BCUT2D eigenvalue weighted by atomic mass is 16.5. The first-order valence-corrected chi connectivity index (χ1v) is 7.43. The van der Waals surface area contributed by atoms with Crippen LogP contribution in [0.5, 0.6) is 5.75 Å². The summed E-state index contributed by atoms with van der Waals surface area (Å²) in [6.07, 6.45) is 4.58. The molecule has 2 aromatic rings. The first kappa shape index (κ1) is 15.2. The SMILES string of the molecule is COc1ccc(C(C)(C)c2nn[nH]n2)cc1CC1C=CC(N)=N1. The number of aliphatic imine (C=N–C) groups is 1. The Labute approximate surface area is 134 Å². The molecule has 0 radical (unpaired) electrons. The summed E-state index contributed by atoms with van der Waals surface area (Å²) in [5.41, 5.74) is 7.53. The largest absolute Gasteiger partial charge is 0.496 e. The number of nitrogens with one attached hydrogen (secondary N) is 1. The van der Waals surface area contributed by atoms with Gasteiger partial charge in [0.15, 0.2) is 5.82 Å². The highest BCUT2D eigenvalue weighted by molar-refractivity contribution is 5.93. The minimum absolute atomic E-state index is 0.0486. The molecule has 1 aliphatic rings. The van der Waals surface area contributed by atoms with Crippen LogP contribution in [0.4, 0.5) is 0 Å². The van der Waals surface area contributed by atoms with E-state index in [2.05, 4.69) is 45.5 Å². The molecule has 7 nitrogen and oxygen atoms in total. The van der Waals surface area contributed by atoms with E-state index in [1.807, 2.05) is 24.3 Å². The summed E-state index contributed by atoms with van der Waals surface area (Å²) in [5, 5.41) is 14.4. The number of benzene rings is 1. The molecule has 0 spiro atoms. The minimum atomic E-state index is -0.359. The number of amidine groups is 1. The number of rotatable bonds is 5. The van der Waals surface area contributed by atoms with Crippen molar-refractivity contribution < 1.29 is 4.74 Å². The van der Waals surface area contributed by atoms with E-state index < -0.39 is 0 Å². The molecule has 1 atom stereocenters. The van der Waals surface area contributed by atoms with Gasteiger partial charge >= 0.3 is 0 Å². The number of hydrogen-bond donors (Lipinski definition) is 2. The predicted molar refractivity (Wildman–Crippen MR) is 87.6 cm³/mol. The Morgan fingerprint density at radius 2 is 2.17 bits per heavy atom. The third-order valence-corrected chi connectivity index (χ3v) is 4.14. The lowest BCUT2D eigenvalue weighted by atomic mass is 9.82. The number of H-pyrrole nitrogens is 1. The van der Waals surface area contributed by atoms with E-state index in [0.717, 1.165) is 23.3 Å². The van der Waals surface area contributed by atoms with E-state index in [-0.39, 0.29) is 11.5 Å². The van der Waals surface area contributed by atoms with Crippen LogP contribution in [0.15, 0.2) is 35.3 Å². The number of ether oxygens (including phenoxy) is 1. The van der Waals surface area contributed by atoms with Crippen molar-refractivity contribution in [2.75, 3.05) is 7.11 Å². The van der Waals surface area contributed by atoms with E-state index in [1.54, 1.807) is 7.11 Å². The maximum atomic E-state index is 5.72. The van der Waals surface area contributed by atoms with Crippen LogP contribution in [0.2, 0.25) is 0 Å². The Balaban J connectivity index is 1.94. The Bertz CT molecular complexity index is 748. The molecule has 7 heteroatoms. The molecule has 1 aromatic heterocycles. The molecule has 0 saturated heterocycles. The molecule has 3 rings (SSSR count). The predicted octanol–water partition coefficient (Wildman–Crippen LogP) is 1.37. The van der Waals surface area contributed by atoms with Crippen LogP contribution >= 0.6 is 0 Å². The van der Waals surface area contributed by atoms with Gasteiger partial charge in [0.05, 0.1) is 18.6 Å². The van der Waals surface area contributed by atoms with Crippen LogP contribution in [0.25, 0.3) is 0 Å². The molecule has 3 N–H and O–H groups in total. The van der Waals surface area contributed by atoms with Crippen LogP contribution < -0.4 is 10.5 Å². The standard InChI is InChI=1S/C16H20N6O/c1-16(2,15-19-21-22-20-15)11-4-6-13(23-3)10(8-11)9-12-5-7-14(17)18-12/h4-8,12H,9H2,1-3H3,(H2,17,18)(H,19,20,21,22). The molecule has 1 aromatic carbocycles. The quantitative estimate of drug-likeness (QED) is 0.868. The van der Waals surface area contributed by atoms with Crippen LogP contribution in [-0.2, 0) is 11.8 Å². The zero-order valence-corrected chi connectivity index (χ0v) is 13.4. The normalized spacial score (nSPS) is 17.3. The number of aromatic nitrogens is 4. The maximum absolute atomic E-state index is 5.72. The van der Waals surface area contributed by atoms with Gasteiger partial charge in [0.2, 0.25) is 0 Å². The van der Waals surface area contributed by atoms with Crippen molar-refractivity contribution in [1.82, 2.24) is 20.6 Å². The lowest BCUT2D eigenvalue weighted by Crippen LogP contribution is -2.21. The van der Waals surface area contributed by atoms with Crippen molar-refractivity contribution in [3.8, 4) is 5.75 Å². The zero-order valence-electron chi connectivity index (χ0n) is 13.4. The Kier molecular flexibility index (Phi) is 3.85. The van der Waals surface area contributed by atoms with Gasteiger partial charge in [-0.25, -0.2) is 0 Å². The van der Waals surface area contributed by atoms with Crippen molar-refractivity contribution in [1.29, 1.82) is 0 Å². The number of nitrogens with zero attached hydrogens (tertiary/aromatic N) is 4. The van der Waals surface area contributed by atoms with E-state index in [4.69, 9.17) is 10.5 Å². The molecule has 120 valence electrons. The number of hydrogen-bond acceptors (Lipinski definition) is 6. The van der Waals surface area contributed by atoms with Crippen LogP contribution in [0.1, 0.15) is 30.8 Å². The van der Waals surface area contributed by atoms with Crippen molar-refractivity contribution in [3.63, 3.8) is 0 Å². The summed E-state index contributed by atoms with van der Waals surface area (Å²) in [6, 6.07) is 6.17. The van der Waals surface area contributed by atoms with Crippen molar-refractivity contribution >= 4 is 5.84 Å². The Morgan fingerprint density at radius 3 is 2.78 bits per heavy atom. The van der Waals surface area contributed by atoms with Gasteiger partial charge in [0.1, 0.15) is 11.6 Å². The molecular formula is C16H20N6O. The second-order valence-electron chi connectivity index (χ2n) is 6.07. The lowest BCUT2D eigenvalue weighted by Gasteiger charge is -2.23. The highest BCUT2D eigenvalue weighted by Gasteiger charge is 2.28. The van der Waals surface area contributed by atoms with Gasteiger partial charge in [0.25, 0.3) is 0 Å². The fourth-order valence-electron chi connectivity index (χ4n) is 2.71. The van der Waals surface area contributed by atoms with Gasteiger partial charge in [-0.1, -0.05) is 23.4 Å². The Morgan fingerprint density at radius 1 is 1.35 bits per heavy atom. The van der Waals surface area contributed by atoms with Crippen LogP contribution in [0.3, 0.4) is 0 Å². The molecule has 0 amide bonds. The fourth-order valence-corrected chi connectivity index (χ4v) is 2.71. The van der Waals surface area contributed by atoms with E-state index in [9.17, 15) is 0 Å². The first-order chi connectivity index (χ1) is 11.0. The average Bonchev–Trinajstić information content (AvgIpc) is 3.19. The molecule has 2 heterocycles.